The Kier molecular flexibility index (Phi) is 8.35. The van der Waals surface area contributed by atoms with Crippen LogP contribution in [0, 0.1) is 10.8 Å². The van der Waals surface area contributed by atoms with Crippen molar-refractivity contribution in [3.63, 3.8) is 0 Å². The Hall–Kier alpha value is -2.61. The number of phenols is 2. The van der Waals surface area contributed by atoms with E-state index in [2.05, 4.69) is 4.90 Å². The molecule has 0 spiro atoms. The van der Waals surface area contributed by atoms with Crippen molar-refractivity contribution in [1.82, 2.24) is 9.80 Å². The highest BCUT2D eigenvalue weighted by Crippen LogP contribution is 2.35. The van der Waals surface area contributed by atoms with Gasteiger partial charge in [0.05, 0.1) is 5.56 Å². The Morgan fingerprint density at radius 3 is 2.06 bits per heavy atom. The second kappa shape index (κ2) is 11.0. The third-order valence-corrected chi connectivity index (χ3v) is 6.78. The van der Waals surface area contributed by atoms with Gasteiger partial charge in [-0.15, -0.1) is 0 Å². The van der Waals surface area contributed by atoms with Gasteiger partial charge in [-0.25, -0.2) is 0 Å². The van der Waals surface area contributed by atoms with Crippen LogP contribution in [0.2, 0.25) is 0 Å². The summed E-state index contributed by atoms with van der Waals surface area (Å²) in [6.45, 7) is 6.07. The summed E-state index contributed by atoms with van der Waals surface area (Å²) in [6, 6.07) is 3.09. The Labute approximate surface area is 196 Å². The minimum Gasteiger partial charge on any atom is -0.508 e. The average molecular weight is 458 g/mol. The van der Waals surface area contributed by atoms with E-state index in [1.165, 1.54) is 43.1 Å². The molecule has 0 atom stereocenters. The lowest BCUT2D eigenvalue weighted by molar-refractivity contribution is -0.112. The lowest BCUT2D eigenvalue weighted by Crippen LogP contribution is -2.51. The molecule has 1 heterocycles. The molecule has 182 valence electrons. The molecule has 0 bridgehead atoms. The molecule has 8 heteroatoms. The summed E-state index contributed by atoms with van der Waals surface area (Å²) in [5.41, 5.74) is 6.19. The molecular weight excluding hydrogens is 418 g/mol. The molecule has 1 aliphatic heterocycles. The Bertz CT molecular complexity index is 866. The molecule has 2 aliphatic carbocycles. The maximum atomic E-state index is 11.9. The van der Waals surface area contributed by atoms with Crippen LogP contribution < -0.4 is 5.73 Å². The third kappa shape index (κ3) is 6.25. The van der Waals surface area contributed by atoms with Gasteiger partial charge in [0.1, 0.15) is 17.3 Å². The van der Waals surface area contributed by atoms with E-state index >= 15 is 0 Å². The molecular formula is C25H39N5O3. The number of hydrogen-bond donors (Lipinski definition) is 5. The lowest BCUT2D eigenvalue weighted by atomic mass is 9.88. The van der Waals surface area contributed by atoms with Crippen molar-refractivity contribution in [3.05, 3.63) is 23.3 Å². The number of carbonyl (C=O) groups excluding carboxylic acids is 1. The first-order chi connectivity index (χ1) is 15.7. The molecule has 2 saturated carbocycles. The zero-order valence-corrected chi connectivity index (χ0v) is 19.9. The zero-order valence-electron chi connectivity index (χ0n) is 19.9. The number of nitrogens with one attached hydrogen (secondary N) is 2. The van der Waals surface area contributed by atoms with Crippen LogP contribution >= 0.6 is 0 Å². The summed E-state index contributed by atoms with van der Waals surface area (Å²) in [6.07, 6.45) is 10.4. The first kappa shape index (κ1) is 25.0. The van der Waals surface area contributed by atoms with Crippen LogP contribution in [-0.4, -0.2) is 62.8 Å². The molecule has 1 amide bonds. The number of benzene rings is 1. The van der Waals surface area contributed by atoms with Crippen LogP contribution in [0.15, 0.2) is 12.1 Å². The van der Waals surface area contributed by atoms with Crippen molar-refractivity contribution < 1.29 is 15.0 Å². The topological polar surface area (TPSA) is 138 Å². The number of likely N-dealkylation sites (tertiary alicyclic amines) is 1. The molecule has 4 rings (SSSR count). The maximum absolute atomic E-state index is 11.9. The van der Waals surface area contributed by atoms with E-state index in [0.717, 1.165) is 38.8 Å². The average Bonchev–Trinajstić information content (AvgIpc) is 3.56. The van der Waals surface area contributed by atoms with Crippen molar-refractivity contribution in [1.29, 1.82) is 10.8 Å². The van der Waals surface area contributed by atoms with E-state index in [9.17, 15) is 15.0 Å². The molecule has 33 heavy (non-hydrogen) atoms. The number of nitrogens with zero attached hydrogens (tertiary/aromatic N) is 2. The molecule has 0 radical (unpaired) electrons. The van der Waals surface area contributed by atoms with Crippen molar-refractivity contribution in [3.8, 4) is 11.5 Å². The van der Waals surface area contributed by atoms with E-state index < -0.39 is 11.7 Å². The minimum absolute atomic E-state index is 0.0166. The molecule has 3 fully saturated rings. The van der Waals surface area contributed by atoms with Crippen LogP contribution in [0.25, 0.3) is 0 Å². The van der Waals surface area contributed by atoms with E-state index in [4.69, 9.17) is 16.6 Å². The van der Waals surface area contributed by atoms with Gasteiger partial charge in [-0.1, -0.05) is 33.1 Å². The Balaban J connectivity index is 0.000000942. The second-order valence-electron chi connectivity index (χ2n) is 9.78. The van der Waals surface area contributed by atoms with Gasteiger partial charge in [0.15, 0.2) is 5.84 Å². The first-order valence-corrected chi connectivity index (χ1v) is 12.3. The predicted molar refractivity (Wildman–Crippen MR) is 130 cm³/mol. The standard InChI is InChI=1S/C22H33N5O3.C3H6/c1-13(2)16-11-17(19(29)12-18(16)28)20(23)27(21(24)22(25)30)15-7-5-14(6-8-15)26-9-3-4-10-26;1-2-3-1/h11-15,23-24,28-29H,3-10H2,1-2H3,(H2,25,30);1-3H2. The number of rotatable bonds is 4. The summed E-state index contributed by atoms with van der Waals surface area (Å²) in [7, 11) is 0. The van der Waals surface area contributed by atoms with E-state index in [0.29, 0.717) is 11.6 Å². The number of amidine groups is 2. The molecule has 1 aromatic rings. The van der Waals surface area contributed by atoms with Gasteiger partial charge in [0, 0.05) is 18.2 Å². The van der Waals surface area contributed by atoms with Gasteiger partial charge in [-0.3, -0.25) is 15.6 Å². The van der Waals surface area contributed by atoms with E-state index in [1.807, 2.05) is 13.8 Å². The molecule has 3 aliphatic rings. The summed E-state index contributed by atoms with van der Waals surface area (Å²) in [4.78, 5) is 15.7. The van der Waals surface area contributed by atoms with Crippen molar-refractivity contribution in [2.24, 2.45) is 5.73 Å². The number of aromatic hydroxyl groups is 2. The number of carbonyl (C=O) groups is 1. The third-order valence-electron chi connectivity index (χ3n) is 6.78. The SMILES string of the molecule is C1CC1.CC(C)c1cc(C(=N)N(C(=N)C(N)=O)C2CCC(N3CCCC3)CC2)c(O)cc1O. The van der Waals surface area contributed by atoms with Gasteiger partial charge in [-0.2, -0.15) is 0 Å². The van der Waals surface area contributed by atoms with Gasteiger partial charge in [0.2, 0.25) is 0 Å². The highest BCUT2D eigenvalue weighted by Gasteiger charge is 2.35. The maximum Gasteiger partial charge on any atom is 0.284 e. The van der Waals surface area contributed by atoms with Crippen LogP contribution in [0.5, 0.6) is 11.5 Å². The van der Waals surface area contributed by atoms with Crippen LogP contribution in [0.4, 0.5) is 0 Å². The van der Waals surface area contributed by atoms with Gasteiger partial charge in [0.25, 0.3) is 5.91 Å². The smallest absolute Gasteiger partial charge is 0.284 e. The van der Waals surface area contributed by atoms with Crippen LogP contribution in [0.1, 0.15) is 88.7 Å². The van der Waals surface area contributed by atoms with Crippen molar-refractivity contribution >= 4 is 17.6 Å². The number of hydrogen-bond acceptors (Lipinski definition) is 6. The van der Waals surface area contributed by atoms with Crippen molar-refractivity contribution in [2.45, 2.75) is 89.6 Å². The van der Waals surface area contributed by atoms with Gasteiger partial charge < -0.3 is 25.7 Å². The van der Waals surface area contributed by atoms with E-state index in [-0.39, 0.29) is 34.9 Å². The second-order valence-corrected chi connectivity index (χ2v) is 9.78. The van der Waals surface area contributed by atoms with Crippen LogP contribution in [-0.2, 0) is 4.79 Å². The molecule has 1 aromatic carbocycles. The largest absolute Gasteiger partial charge is 0.508 e. The zero-order chi connectivity index (χ0) is 24.1. The predicted octanol–water partition coefficient (Wildman–Crippen LogP) is 3.89. The monoisotopic (exact) mass is 457 g/mol. The minimum atomic E-state index is -0.899. The van der Waals surface area contributed by atoms with Crippen molar-refractivity contribution in [2.75, 3.05) is 13.1 Å². The number of phenolic OH excluding ortho intramolecular Hbond substituents is 2. The number of nitrogens with two attached hydrogens (primary N) is 1. The normalized spacial score (nSPS) is 22.4. The molecule has 6 N–H and O–H groups in total. The fourth-order valence-electron chi connectivity index (χ4n) is 4.76. The van der Waals surface area contributed by atoms with E-state index in [1.54, 1.807) is 6.07 Å². The molecule has 0 aromatic heterocycles. The molecule has 1 saturated heterocycles. The Morgan fingerprint density at radius 1 is 1.00 bits per heavy atom. The summed E-state index contributed by atoms with van der Waals surface area (Å²) in [5.74, 6) is -1.79. The molecule has 0 unspecified atom stereocenters. The molecule has 8 nitrogen and oxygen atoms in total. The van der Waals surface area contributed by atoms with Gasteiger partial charge >= 0.3 is 0 Å². The highest BCUT2D eigenvalue weighted by molar-refractivity contribution is 6.39. The highest BCUT2D eigenvalue weighted by atomic mass is 16.3. The summed E-state index contributed by atoms with van der Waals surface area (Å²) < 4.78 is 0. The fourth-order valence-corrected chi connectivity index (χ4v) is 4.76. The van der Waals surface area contributed by atoms with Gasteiger partial charge in [-0.05, 0) is 69.2 Å². The fraction of sp³-hybridized carbons (Fsp3) is 0.640. The Morgan fingerprint density at radius 2 is 1.58 bits per heavy atom. The lowest BCUT2D eigenvalue weighted by Gasteiger charge is -2.40. The quantitative estimate of drug-likeness (QED) is 0.345. The number of amides is 1. The summed E-state index contributed by atoms with van der Waals surface area (Å²) >= 11 is 0. The van der Waals surface area contributed by atoms with Crippen LogP contribution in [0.3, 0.4) is 0 Å². The summed E-state index contributed by atoms with van der Waals surface area (Å²) in [5, 5.41) is 37.5. The number of primary amides is 1. The first-order valence-electron chi connectivity index (χ1n) is 12.3.